The topological polar surface area (TPSA) is 95.9 Å². The highest BCUT2D eigenvalue weighted by Gasteiger charge is 2.24. The standard InChI is InChI=1S/C13H16N2O5S/c1-8(12(17)15-4-6-20-7-5-15)14-11(16)9-2-3-10(21-9)13(18)19/h2-3,8H,4-7H2,1H3,(H,14,16)(H,18,19). The van der Waals surface area contributed by atoms with Gasteiger partial charge in [-0.05, 0) is 19.1 Å². The molecule has 2 amide bonds. The average molecular weight is 312 g/mol. The lowest BCUT2D eigenvalue weighted by atomic mass is 10.2. The van der Waals surface area contributed by atoms with Gasteiger partial charge in [-0.3, -0.25) is 9.59 Å². The molecule has 1 aliphatic heterocycles. The van der Waals surface area contributed by atoms with Crippen LogP contribution in [0.4, 0.5) is 0 Å². The number of nitrogens with zero attached hydrogens (tertiary/aromatic N) is 1. The van der Waals surface area contributed by atoms with Gasteiger partial charge in [0.2, 0.25) is 5.91 Å². The molecule has 1 atom stereocenters. The second-order valence-electron chi connectivity index (χ2n) is 4.60. The van der Waals surface area contributed by atoms with Crippen LogP contribution in [-0.2, 0) is 9.53 Å². The van der Waals surface area contributed by atoms with Gasteiger partial charge >= 0.3 is 5.97 Å². The molecule has 0 bridgehead atoms. The lowest BCUT2D eigenvalue weighted by Gasteiger charge is -2.29. The van der Waals surface area contributed by atoms with Gasteiger partial charge in [-0.25, -0.2) is 4.79 Å². The Morgan fingerprint density at radius 2 is 1.90 bits per heavy atom. The maximum atomic E-state index is 12.1. The summed E-state index contributed by atoms with van der Waals surface area (Å²) in [5.74, 6) is -1.68. The first-order valence-electron chi connectivity index (χ1n) is 6.49. The van der Waals surface area contributed by atoms with Gasteiger partial charge < -0.3 is 20.1 Å². The predicted octanol–water partition coefficient (Wildman–Crippen LogP) is 0.423. The van der Waals surface area contributed by atoms with Crippen LogP contribution in [0.3, 0.4) is 0 Å². The third-order valence-electron chi connectivity index (χ3n) is 3.08. The van der Waals surface area contributed by atoms with Crippen molar-refractivity contribution in [3.05, 3.63) is 21.9 Å². The molecule has 1 aromatic rings. The molecule has 8 heteroatoms. The van der Waals surface area contributed by atoms with Gasteiger partial charge in [-0.15, -0.1) is 11.3 Å². The van der Waals surface area contributed by atoms with E-state index in [0.29, 0.717) is 26.3 Å². The van der Waals surface area contributed by atoms with Crippen LogP contribution in [0.15, 0.2) is 12.1 Å². The molecular formula is C13H16N2O5S. The van der Waals surface area contributed by atoms with Crippen molar-refractivity contribution in [3.8, 4) is 0 Å². The number of rotatable bonds is 4. The van der Waals surface area contributed by atoms with E-state index in [1.54, 1.807) is 11.8 Å². The maximum absolute atomic E-state index is 12.1. The summed E-state index contributed by atoms with van der Waals surface area (Å²) in [5, 5.41) is 11.4. The zero-order valence-electron chi connectivity index (χ0n) is 11.5. The molecule has 7 nitrogen and oxygen atoms in total. The van der Waals surface area contributed by atoms with Gasteiger partial charge in [-0.1, -0.05) is 0 Å². The van der Waals surface area contributed by atoms with Gasteiger partial charge in [0.25, 0.3) is 5.91 Å². The van der Waals surface area contributed by atoms with Gasteiger partial charge in [0.15, 0.2) is 0 Å². The van der Waals surface area contributed by atoms with Crippen LogP contribution in [0, 0.1) is 0 Å². The Bertz CT molecular complexity index is 551. The lowest BCUT2D eigenvalue weighted by molar-refractivity contribution is -0.136. The molecular weight excluding hydrogens is 296 g/mol. The van der Waals surface area contributed by atoms with Gasteiger partial charge in [0.1, 0.15) is 10.9 Å². The third kappa shape index (κ3) is 3.79. The van der Waals surface area contributed by atoms with E-state index < -0.39 is 17.9 Å². The Morgan fingerprint density at radius 3 is 2.48 bits per heavy atom. The van der Waals surface area contributed by atoms with Crippen molar-refractivity contribution in [1.82, 2.24) is 10.2 Å². The Morgan fingerprint density at radius 1 is 1.29 bits per heavy atom. The fraction of sp³-hybridized carbons (Fsp3) is 0.462. The summed E-state index contributed by atoms with van der Waals surface area (Å²) < 4.78 is 5.17. The molecule has 1 saturated heterocycles. The van der Waals surface area contributed by atoms with Crippen molar-refractivity contribution in [1.29, 1.82) is 0 Å². The van der Waals surface area contributed by atoms with E-state index in [1.807, 2.05) is 0 Å². The molecule has 21 heavy (non-hydrogen) atoms. The van der Waals surface area contributed by atoms with Crippen LogP contribution in [0.1, 0.15) is 26.3 Å². The first-order valence-corrected chi connectivity index (χ1v) is 7.31. The lowest BCUT2D eigenvalue weighted by Crippen LogP contribution is -2.50. The van der Waals surface area contributed by atoms with E-state index in [0.717, 1.165) is 11.3 Å². The molecule has 2 heterocycles. The SMILES string of the molecule is CC(NC(=O)c1ccc(C(=O)O)s1)C(=O)N1CCOCC1. The van der Waals surface area contributed by atoms with E-state index in [-0.39, 0.29) is 15.7 Å². The van der Waals surface area contributed by atoms with Gasteiger partial charge in [0, 0.05) is 13.1 Å². The number of carbonyl (C=O) groups excluding carboxylic acids is 2. The first-order chi connectivity index (χ1) is 9.99. The summed E-state index contributed by atoms with van der Waals surface area (Å²) in [5.41, 5.74) is 0. The van der Waals surface area contributed by atoms with Crippen molar-refractivity contribution in [2.45, 2.75) is 13.0 Å². The summed E-state index contributed by atoms with van der Waals surface area (Å²) in [6.45, 7) is 3.64. The highest BCUT2D eigenvalue weighted by Crippen LogP contribution is 2.16. The molecule has 2 rings (SSSR count). The number of nitrogens with one attached hydrogen (secondary N) is 1. The molecule has 1 unspecified atom stereocenters. The number of thiophene rings is 1. The predicted molar refractivity (Wildman–Crippen MR) is 75.6 cm³/mol. The second kappa shape index (κ2) is 6.68. The summed E-state index contributed by atoms with van der Waals surface area (Å²) >= 11 is 0.882. The maximum Gasteiger partial charge on any atom is 0.345 e. The molecule has 1 aromatic heterocycles. The molecule has 114 valence electrons. The van der Waals surface area contributed by atoms with Gasteiger partial charge in [0.05, 0.1) is 18.1 Å². The van der Waals surface area contributed by atoms with E-state index in [9.17, 15) is 14.4 Å². The third-order valence-corrected chi connectivity index (χ3v) is 4.15. The van der Waals surface area contributed by atoms with Crippen LogP contribution in [0.2, 0.25) is 0 Å². The summed E-state index contributed by atoms with van der Waals surface area (Å²) in [7, 11) is 0. The normalized spacial score (nSPS) is 16.3. The van der Waals surface area contributed by atoms with Crippen LogP contribution in [0.5, 0.6) is 0 Å². The molecule has 1 fully saturated rings. The monoisotopic (exact) mass is 312 g/mol. The molecule has 0 aliphatic carbocycles. The number of carboxylic acid groups (broad SMARTS) is 1. The molecule has 0 aromatic carbocycles. The van der Waals surface area contributed by atoms with E-state index >= 15 is 0 Å². The van der Waals surface area contributed by atoms with Crippen molar-refractivity contribution in [2.24, 2.45) is 0 Å². The minimum Gasteiger partial charge on any atom is -0.477 e. The minimum absolute atomic E-state index is 0.0901. The zero-order chi connectivity index (χ0) is 15.4. The number of amides is 2. The molecule has 1 aliphatic rings. The second-order valence-corrected chi connectivity index (χ2v) is 5.69. The Labute approximate surface area is 125 Å². The molecule has 2 N–H and O–H groups in total. The fourth-order valence-corrected chi connectivity index (χ4v) is 2.71. The number of hydrogen-bond donors (Lipinski definition) is 2. The number of aromatic carboxylic acids is 1. The first kappa shape index (κ1) is 15.5. The summed E-state index contributed by atoms with van der Waals surface area (Å²) in [6, 6.07) is 2.15. The molecule has 0 saturated carbocycles. The minimum atomic E-state index is -1.07. The van der Waals surface area contributed by atoms with Crippen LogP contribution < -0.4 is 5.32 Å². The quantitative estimate of drug-likeness (QED) is 0.840. The Balaban J connectivity index is 1.94. The van der Waals surface area contributed by atoms with Crippen molar-refractivity contribution in [3.63, 3.8) is 0 Å². The summed E-state index contributed by atoms with van der Waals surface area (Å²) in [6.07, 6.45) is 0. The highest BCUT2D eigenvalue weighted by atomic mass is 32.1. The highest BCUT2D eigenvalue weighted by molar-refractivity contribution is 7.15. The van der Waals surface area contributed by atoms with Crippen molar-refractivity contribution in [2.75, 3.05) is 26.3 Å². The van der Waals surface area contributed by atoms with Crippen LogP contribution in [0.25, 0.3) is 0 Å². The van der Waals surface area contributed by atoms with E-state index in [1.165, 1.54) is 12.1 Å². The van der Waals surface area contributed by atoms with Crippen LogP contribution >= 0.6 is 11.3 Å². The molecule has 0 radical (unpaired) electrons. The number of hydrogen-bond acceptors (Lipinski definition) is 5. The molecule has 0 spiro atoms. The van der Waals surface area contributed by atoms with Gasteiger partial charge in [-0.2, -0.15) is 0 Å². The Kier molecular flexibility index (Phi) is 4.92. The number of ether oxygens (including phenoxy) is 1. The fourth-order valence-electron chi connectivity index (χ4n) is 1.96. The number of carbonyl (C=O) groups is 3. The smallest absolute Gasteiger partial charge is 0.345 e. The van der Waals surface area contributed by atoms with Crippen molar-refractivity contribution >= 4 is 29.1 Å². The largest absolute Gasteiger partial charge is 0.477 e. The summed E-state index contributed by atoms with van der Waals surface area (Å²) in [4.78, 5) is 36.9. The van der Waals surface area contributed by atoms with Crippen LogP contribution in [-0.4, -0.2) is 60.1 Å². The van der Waals surface area contributed by atoms with E-state index in [4.69, 9.17) is 9.84 Å². The Hall–Kier alpha value is -1.93. The zero-order valence-corrected chi connectivity index (χ0v) is 12.3. The number of morpholine rings is 1. The van der Waals surface area contributed by atoms with E-state index in [2.05, 4.69) is 5.32 Å². The van der Waals surface area contributed by atoms with Crippen molar-refractivity contribution < 1.29 is 24.2 Å². The number of carboxylic acids is 1. The average Bonchev–Trinajstić information content (AvgIpc) is 2.97.